The molecular weight excluding hydrogens is 467 g/mol. The molecule has 33 heavy (non-hydrogen) atoms. The molecule has 178 valence electrons. The van der Waals surface area contributed by atoms with E-state index in [1.165, 1.54) is 16.2 Å². The lowest BCUT2D eigenvalue weighted by Gasteiger charge is -2.32. The molecule has 2 aliphatic rings. The van der Waals surface area contributed by atoms with E-state index in [0.29, 0.717) is 12.8 Å². The Morgan fingerprint density at radius 3 is 2.42 bits per heavy atom. The van der Waals surface area contributed by atoms with Crippen LogP contribution in [-0.4, -0.2) is 60.8 Å². The first-order chi connectivity index (χ1) is 15.8. The number of benzene rings is 1. The zero-order chi connectivity index (χ0) is 23.6. The topological polar surface area (TPSA) is 113 Å². The molecule has 0 bridgehead atoms. The summed E-state index contributed by atoms with van der Waals surface area (Å²) in [5.41, 5.74) is 5.95. The average Bonchev–Trinajstić information content (AvgIpc) is 3.46. The minimum absolute atomic E-state index is 0.0243. The van der Waals surface area contributed by atoms with E-state index in [4.69, 9.17) is 5.73 Å². The van der Waals surface area contributed by atoms with Crippen molar-refractivity contribution in [1.29, 1.82) is 0 Å². The number of rotatable bonds is 6. The minimum atomic E-state index is -4.13. The normalized spacial score (nSPS) is 24.1. The summed E-state index contributed by atoms with van der Waals surface area (Å²) in [6.07, 6.45) is 1.73. The molecule has 1 aromatic carbocycles. The number of nitrogens with two attached hydrogens (primary N) is 1. The number of halogens is 1. The van der Waals surface area contributed by atoms with E-state index in [-0.39, 0.29) is 42.4 Å². The van der Waals surface area contributed by atoms with E-state index in [2.05, 4.69) is 5.32 Å². The first-order valence-corrected chi connectivity index (χ1v) is 13.2. The Morgan fingerprint density at radius 2 is 1.79 bits per heavy atom. The highest BCUT2D eigenvalue weighted by Crippen LogP contribution is 2.27. The second kappa shape index (κ2) is 9.88. The molecule has 1 atom stereocenters. The molecule has 8 nitrogen and oxygen atoms in total. The van der Waals surface area contributed by atoms with Gasteiger partial charge in [-0.2, -0.15) is 4.31 Å². The Kier molecular flexibility index (Phi) is 7.13. The SMILES string of the molecule is NC1CCC(NC(=O)C2N(C(=O)Cc3cccs3)CCN2S(=O)(=O)c2ccc(F)cc2)CC1. The van der Waals surface area contributed by atoms with Gasteiger partial charge in [0.2, 0.25) is 15.9 Å². The van der Waals surface area contributed by atoms with Gasteiger partial charge in [0.25, 0.3) is 5.91 Å². The summed E-state index contributed by atoms with van der Waals surface area (Å²) in [4.78, 5) is 28.5. The average molecular weight is 495 g/mol. The van der Waals surface area contributed by atoms with Gasteiger partial charge in [0.15, 0.2) is 6.17 Å². The van der Waals surface area contributed by atoms with Crippen molar-refractivity contribution in [3.63, 3.8) is 0 Å². The standard InChI is InChI=1S/C22H27FN4O4S2/c23-15-3-9-19(10-4-15)33(30,31)27-12-11-26(20(28)14-18-2-1-13-32-18)22(27)21(29)25-17-7-5-16(24)6-8-17/h1-4,9-10,13,16-17,22H,5-8,11-12,14,24H2,(H,25,29). The van der Waals surface area contributed by atoms with E-state index in [1.54, 1.807) is 0 Å². The molecule has 0 spiro atoms. The summed E-state index contributed by atoms with van der Waals surface area (Å²) < 4.78 is 41.1. The number of amides is 2. The first-order valence-electron chi connectivity index (χ1n) is 10.9. The van der Waals surface area contributed by atoms with Crippen LogP contribution in [0.15, 0.2) is 46.7 Å². The number of nitrogens with one attached hydrogen (secondary N) is 1. The van der Waals surface area contributed by atoms with Gasteiger partial charge in [0, 0.05) is 30.1 Å². The molecule has 1 aliphatic heterocycles. The van der Waals surface area contributed by atoms with Gasteiger partial charge in [-0.1, -0.05) is 6.07 Å². The van der Waals surface area contributed by atoms with Crippen molar-refractivity contribution in [3.05, 3.63) is 52.5 Å². The molecule has 1 aromatic heterocycles. The van der Waals surface area contributed by atoms with Gasteiger partial charge >= 0.3 is 0 Å². The first kappa shape index (κ1) is 23.8. The molecular formula is C22H27FN4O4S2. The monoisotopic (exact) mass is 494 g/mol. The third kappa shape index (κ3) is 5.26. The number of sulfonamides is 1. The van der Waals surface area contributed by atoms with E-state index < -0.39 is 27.9 Å². The fourth-order valence-electron chi connectivity index (χ4n) is 4.34. The Bertz CT molecular complexity index is 1080. The van der Waals surface area contributed by atoms with E-state index >= 15 is 0 Å². The molecule has 3 N–H and O–H groups in total. The van der Waals surface area contributed by atoms with Gasteiger partial charge < -0.3 is 16.0 Å². The van der Waals surface area contributed by atoms with Gasteiger partial charge in [0.05, 0.1) is 11.3 Å². The maximum atomic E-state index is 13.4. The molecule has 2 heterocycles. The predicted molar refractivity (Wildman–Crippen MR) is 122 cm³/mol. The summed E-state index contributed by atoms with van der Waals surface area (Å²) in [7, 11) is -4.13. The number of hydrogen-bond acceptors (Lipinski definition) is 6. The zero-order valence-electron chi connectivity index (χ0n) is 18.0. The van der Waals surface area contributed by atoms with Crippen LogP contribution in [0.2, 0.25) is 0 Å². The van der Waals surface area contributed by atoms with Crippen LogP contribution in [0.4, 0.5) is 4.39 Å². The number of carbonyl (C=O) groups is 2. The number of carbonyl (C=O) groups excluding carboxylic acids is 2. The van der Waals surface area contributed by atoms with Crippen molar-refractivity contribution in [2.75, 3.05) is 13.1 Å². The quantitative estimate of drug-likeness (QED) is 0.635. The van der Waals surface area contributed by atoms with Crippen LogP contribution in [0, 0.1) is 5.82 Å². The molecule has 2 fully saturated rings. The number of thiophene rings is 1. The van der Waals surface area contributed by atoms with E-state index in [9.17, 15) is 22.4 Å². The van der Waals surface area contributed by atoms with Gasteiger partial charge in [-0.05, 0) is 61.4 Å². The van der Waals surface area contributed by atoms with Gasteiger partial charge in [-0.25, -0.2) is 12.8 Å². The lowest BCUT2D eigenvalue weighted by molar-refractivity contribution is -0.140. The molecule has 0 radical (unpaired) electrons. The van der Waals surface area contributed by atoms with Crippen molar-refractivity contribution in [1.82, 2.24) is 14.5 Å². The Morgan fingerprint density at radius 1 is 1.09 bits per heavy atom. The summed E-state index contributed by atoms with van der Waals surface area (Å²) in [5, 5.41) is 4.79. The van der Waals surface area contributed by atoms with Crippen molar-refractivity contribution >= 4 is 33.2 Å². The maximum Gasteiger partial charge on any atom is 0.259 e. The second-order valence-electron chi connectivity index (χ2n) is 8.41. The van der Waals surface area contributed by atoms with Crippen LogP contribution in [0.3, 0.4) is 0 Å². The number of nitrogens with zero attached hydrogens (tertiary/aromatic N) is 2. The highest BCUT2D eigenvalue weighted by Gasteiger charge is 2.46. The second-order valence-corrected chi connectivity index (χ2v) is 11.3. The van der Waals surface area contributed by atoms with Crippen molar-refractivity contribution in [2.45, 2.75) is 55.2 Å². The predicted octanol–water partition coefficient (Wildman–Crippen LogP) is 1.68. The lowest BCUT2D eigenvalue weighted by Crippen LogP contribution is -2.56. The van der Waals surface area contributed by atoms with Crippen molar-refractivity contribution in [3.8, 4) is 0 Å². The van der Waals surface area contributed by atoms with Gasteiger partial charge in [-0.3, -0.25) is 9.59 Å². The van der Waals surface area contributed by atoms with Crippen LogP contribution in [0.5, 0.6) is 0 Å². The summed E-state index contributed by atoms with van der Waals surface area (Å²) in [5.74, 6) is -1.41. The molecule has 4 rings (SSSR count). The van der Waals surface area contributed by atoms with Crippen LogP contribution >= 0.6 is 11.3 Å². The fourth-order valence-corrected chi connectivity index (χ4v) is 6.58. The molecule has 2 amide bonds. The van der Waals surface area contributed by atoms with Crippen LogP contribution in [-0.2, 0) is 26.0 Å². The molecule has 1 aliphatic carbocycles. The van der Waals surface area contributed by atoms with Crippen LogP contribution in [0.1, 0.15) is 30.6 Å². The van der Waals surface area contributed by atoms with Crippen molar-refractivity contribution < 1.29 is 22.4 Å². The minimum Gasteiger partial charge on any atom is -0.350 e. The van der Waals surface area contributed by atoms with Crippen LogP contribution in [0.25, 0.3) is 0 Å². The Labute approximate surface area is 196 Å². The Balaban J connectivity index is 1.60. The summed E-state index contributed by atoms with van der Waals surface area (Å²) in [6, 6.07) is 8.08. The molecule has 1 saturated heterocycles. The molecule has 2 aromatic rings. The third-order valence-electron chi connectivity index (χ3n) is 6.13. The molecule has 1 unspecified atom stereocenters. The molecule has 1 saturated carbocycles. The third-order valence-corrected chi connectivity index (χ3v) is 8.87. The summed E-state index contributed by atoms with van der Waals surface area (Å²) >= 11 is 1.43. The molecule has 11 heteroatoms. The van der Waals surface area contributed by atoms with Crippen LogP contribution < -0.4 is 11.1 Å². The smallest absolute Gasteiger partial charge is 0.259 e. The van der Waals surface area contributed by atoms with Gasteiger partial charge in [-0.15, -0.1) is 11.3 Å². The van der Waals surface area contributed by atoms with E-state index in [1.807, 2.05) is 17.5 Å². The fraction of sp³-hybridized carbons (Fsp3) is 0.455. The highest BCUT2D eigenvalue weighted by atomic mass is 32.2. The highest BCUT2D eigenvalue weighted by molar-refractivity contribution is 7.89. The zero-order valence-corrected chi connectivity index (χ0v) is 19.7. The summed E-state index contributed by atoms with van der Waals surface area (Å²) in [6.45, 7) is 0.0712. The lowest BCUT2D eigenvalue weighted by atomic mass is 9.92. The largest absolute Gasteiger partial charge is 0.350 e. The van der Waals surface area contributed by atoms with Gasteiger partial charge in [0.1, 0.15) is 5.82 Å². The Hall–Kier alpha value is -2.34. The van der Waals surface area contributed by atoms with E-state index in [0.717, 1.165) is 46.3 Å². The van der Waals surface area contributed by atoms with Crippen molar-refractivity contribution in [2.24, 2.45) is 5.73 Å². The maximum absolute atomic E-state index is 13.4. The number of hydrogen-bond donors (Lipinski definition) is 2.